The molecule has 0 amide bonds. The molecule has 206 valence electrons. The molecule has 0 aliphatic carbocycles. The van der Waals surface area contributed by atoms with Gasteiger partial charge in [0.15, 0.2) is 0 Å². The zero-order valence-corrected chi connectivity index (χ0v) is 25.7. The van der Waals surface area contributed by atoms with Gasteiger partial charge in [0.25, 0.3) is 0 Å². The third-order valence-electron chi connectivity index (χ3n) is 7.83. The van der Waals surface area contributed by atoms with E-state index in [0.29, 0.717) is 0 Å². The van der Waals surface area contributed by atoms with Crippen molar-refractivity contribution in [3.8, 4) is 33.9 Å². The minimum atomic E-state index is 0.229. The Morgan fingerprint density at radius 3 is 1.86 bits per heavy atom. The molecular weight excluding hydrogens is 583 g/mol. The van der Waals surface area contributed by atoms with Crippen LogP contribution in [0.1, 0.15) is 11.1 Å². The zero-order valence-electron chi connectivity index (χ0n) is 24.0. The van der Waals surface area contributed by atoms with Crippen molar-refractivity contribution in [1.82, 2.24) is 4.98 Å². The van der Waals surface area contributed by atoms with Gasteiger partial charge in [0.05, 0.1) is 0 Å². The van der Waals surface area contributed by atoms with E-state index < -0.39 is 0 Å². The van der Waals surface area contributed by atoms with E-state index in [1.807, 2.05) is 6.07 Å². The molecule has 6 aromatic rings. The van der Waals surface area contributed by atoms with Crippen LogP contribution in [0.25, 0.3) is 33.3 Å². The topological polar surface area (TPSA) is 34.6 Å². The number of hydrogen-bond acceptors (Lipinski definition) is 4. The number of benzene rings is 5. The molecule has 4 nitrogen and oxygen atoms in total. The third kappa shape index (κ3) is 4.52. The van der Waals surface area contributed by atoms with Crippen LogP contribution in [0.3, 0.4) is 0 Å². The molecule has 0 unspecified atom stereocenters. The summed E-state index contributed by atoms with van der Waals surface area (Å²) < 4.78 is 14.1. The second-order valence-electron chi connectivity index (χ2n) is 10.5. The molecule has 0 fully saturated rings. The number of hydrogen-bond donors (Lipinski definition) is 0. The van der Waals surface area contributed by atoms with E-state index >= 15 is 0 Å². The monoisotopic (exact) mass is 614 g/mol. The Morgan fingerprint density at radius 1 is 0.619 bits per heavy atom. The summed E-state index contributed by atoms with van der Waals surface area (Å²) in [7, 11) is 3.38. The Bertz CT molecular complexity index is 1900. The van der Waals surface area contributed by atoms with Gasteiger partial charge >= 0.3 is 253 Å². The first-order valence-electron chi connectivity index (χ1n) is 13.9. The molecule has 0 bridgehead atoms. The first-order valence-corrected chi connectivity index (χ1v) is 15.7. The van der Waals surface area contributed by atoms with Crippen LogP contribution in [0.4, 0.5) is 17.1 Å². The summed E-state index contributed by atoms with van der Waals surface area (Å²) in [5.41, 5.74) is 11.0. The molecule has 0 N–H and O–H groups in total. The van der Waals surface area contributed by atoms with Crippen LogP contribution in [0.2, 0.25) is 0 Å². The summed E-state index contributed by atoms with van der Waals surface area (Å²) in [4.78, 5) is 7.83. The molecule has 0 saturated heterocycles. The van der Waals surface area contributed by atoms with E-state index in [4.69, 9.17) is 14.5 Å². The molecule has 1 aromatic heterocycles. The number of para-hydroxylation sites is 2. The van der Waals surface area contributed by atoms with Gasteiger partial charge in [-0.1, -0.05) is 0 Å². The van der Waals surface area contributed by atoms with Crippen molar-refractivity contribution in [1.29, 1.82) is 0 Å². The maximum atomic E-state index is 5.68. The van der Waals surface area contributed by atoms with Crippen LogP contribution >= 0.6 is 0 Å². The Labute approximate surface area is 252 Å². The number of pyridine rings is 1. The number of aromatic nitrogens is 1. The van der Waals surface area contributed by atoms with Crippen LogP contribution in [0, 0.1) is 13.8 Å². The average Bonchev–Trinajstić information content (AvgIpc) is 3.03. The Morgan fingerprint density at radius 2 is 1.24 bits per heavy atom. The summed E-state index contributed by atoms with van der Waals surface area (Å²) in [6, 6.07) is 38.8. The molecule has 1 aliphatic heterocycles. The van der Waals surface area contributed by atoms with Gasteiger partial charge in [-0.2, -0.15) is 0 Å². The Hall–Kier alpha value is -4.57. The SMILES string of the molecule is COc1cc(OC)cc(-c2cc(-c3ccc(C)cc3)nc3c(N4c5ccccc5[Se]c5ccccc54)ccc(C)c23)c1. The molecule has 0 saturated carbocycles. The third-order valence-corrected chi connectivity index (χ3v) is 10.2. The molecule has 7 rings (SSSR count). The Balaban J connectivity index is 1.58. The van der Waals surface area contributed by atoms with Gasteiger partial charge < -0.3 is 0 Å². The van der Waals surface area contributed by atoms with Gasteiger partial charge in [0, 0.05) is 0 Å². The average molecular weight is 614 g/mol. The van der Waals surface area contributed by atoms with Gasteiger partial charge in [0.1, 0.15) is 0 Å². The van der Waals surface area contributed by atoms with Crippen LogP contribution in [0.5, 0.6) is 11.5 Å². The summed E-state index contributed by atoms with van der Waals surface area (Å²) in [6.45, 7) is 4.28. The molecule has 5 aromatic carbocycles. The van der Waals surface area contributed by atoms with Crippen LogP contribution in [-0.4, -0.2) is 34.2 Å². The van der Waals surface area contributed by atoms with Crippen molar-refractivity contribution in [2.75, 3.05) is 19.1 Å². The van der Waals surface area contributed by atoms with Crippen LogP contribution in [-0.2, 0) is 0 Å². The summed E-state index contributed by atoms with van der Waals surface area (Å²) in [6.07, 6.45) is 0. The molecular formula is C37H30N2O2Se. The molecule has 5 heteroatoms. The first-order chi connectivity index (χ1) is 20.5. The van der Waals surface area contributed by atoms with E-state index in [9.17, 15) is 0 Å². The van der Waals surface area contributed by atoms with Gasteiger partial charge in [0.2, 0.25) is 0 Å². The number of methoxy groups -OCH3 is 2. The molecule has 0 spiro atoms. The van der Waals surface area contributed by atoms with Crippen LogP contribution in [0.15, 0.2) is 109 Å². The fourth-order valence-corrected chi connectivity index (χ4v) is 7.92. The summed E-state index contributed by atoms with van der Waals surface area (Å²) >= 11 is 0.229. The van der Waals surface area contributed by atoms with Crippen molar-refractivity contribution >= 4 is 51.8 Å². The van der Waals surface area contributed by atoms with Crippen molar-refractivity contribution in [3.63, 3.8) is 0 Å². The van der Waals surface area contributed by atoms with Gasteiger partial charge in [-0.3, -0.25) is 0 Å². The first kappa shape index (κ1) is 26.3. The van der Waals surface area contributed by atoms with E-state index in [0.717, 1.165) is 56.0 Å². The van der Waals surface area contributed by atoms with Crippen molar-refractivity contribution in [3.05, 3.63) is 120 Å². The normalized spacial score (nSPS) is 12.1. The van der Waals surface area contributed by atoms with Crippen molar-refractivity contribution in [2.45, 2.75) is 13.8 Å². The molecule has 0 radical (unpaired) electrons. The molecule has 1 aliphatic rings. The number of ether oxygens (including phenoxy) is 2. The number of aryl methyl sites for hydroxylation is 2. The molecule has 2 heterocycles. The fraction of sp³-hybridized carbons (Fsp3) is 0.108. The van der Waals surface area contributed by atoms with Crippen molar-refractivity contribution in [2.24, 2.45) is 0 Å². The predicted molar refractivity (Wildman–Crippen MR) is 175 cm³/mol. The zero-order chi connectivity index (χ0) is 28.8. The van der Waals surface area contributed by atoms with E-state index in [1.54, 1.807) is 14.2 Å². The number of fused-ring (bicyclic) bond motifs is 3. The van der Waals surface area contributed by atoms with Crippen LogP contribution < -0.4 is 23.3 Å². The van der Waals surface area contributed by atoms with Gasteiger partial charge in [-0.05, 0) is 0 Å². The van der Waals surface area contributed by atoms with E-state index in [1.165, 1.54) is 25.9 Å². The predicted octanol–water partition coefficient (Wildman–Crippen LogP) is 7.64. The number of anilines is 3. The van der Waals surface area contributed by atoms with E-state index in [2.05, 4.69) is 122 Å². The molecule has 42 heavy (non-hydrogen) atoms. The maximum absolute atomic E-state index is 5.68. The van der Waals surface area contributed by atoms with Crippen molar-refractivity contribution < 1.29 is 9.47 Å². The van der Waals surface area contributed by atoms with Gasteiger partial charge in [-0.25, -0.2) is 0 Å². The summed E-state index contributed by atoms with van der Waals surface area (Å²) in [5, 5.41) is 1.12. The second-order valence-corrected chi connectivity index (χ2v) is 12.8. The number of nitrogens with zero attached hydrogens (tertiary/aromatic N) is 2. The quantitative estimate of drug-likeness (QED) is 0.187. The van der Waals surface area contributed by atoms with Gasteiger partial charge in [-0.15, -0.1) is 0 Å². The number of rotatable bonds is 5. The molecule has 0 atom stereocenters. The standard InChI is InChI=1S/C37H30N2O2Se/c1-23-13-16-25(17-14-23)30-22-29(26-19-27(40-3)21-28(20-26)41-4)36-24(2)15-18-33(37(36)38-30)39-31-9-5-7-11-34(31)42-35-12-8-6-10-32(35)39/h5-22H,1-4H3. The second kappa shape index (κ2) is 10.7. The van der Waals surface area contributed by atoms with E-state index in [-0.39, 0.29) is 15.0 Å². The summed E-state index contributed by atoms with van der Waals surface area (Å²) in [5.74, 6) is 1.50. The minimum absolute atomic E-state index is 0.229. The fourth-order valence-electron chi connectivity index (χ4n) is 5.70. The Kier molecular flexibility index (Phi) is 6.70.